The summed E-state index contributed by atoms with van der Waals surface area (Å²) in [5, 5.41) is 2.04. The summed E-state index contributed by atoms with van der Waals surface area (Å²) in [7, 11) is -3.75. The molecule has 1 N–H and O–H groups in total. The van der Waals surface area contributed by atoms with E-state index in [0.29, 0.717) is 0 Å². The smallest absolute Gasteiger partial charge is 0.379 e. The SMILES string of the molecule is O=C(NCCS(=O)(=O)N1CCOCC1)c1cc(C(F)(F)F)cc(C(F)(F)F)c1. The Balaban J connectivity index is 2.11. The van der Waals surface area contributed by atoms with Gasteiger partial charge in [-0.15, -0.1) is 0 Å². The van der Waals surface area contributed by atoms with Gasteiger partial charge in [0.05, 0.1) is 30.1 Å². The Labute approximate surface area is 156 Å². The topological polar surface area (TPSA) is 75.7 Å². The molecule has 0 aromatic heterocycles. The van der Waals surface area contributed by atoms with Crippen LogP contribution in [0.25, 0.3) is 0 Å². The van der Waals surface area contributed by atoms with Gasteiger partial charge in [0.15, 0.2) is 0 Å². The molecule has 1 aromatic rings. The number of halogens is 6. The van der Waals surface area contributed by atoms with Crippen molar-refractivity contribution in [3.8, 4) is 0 Å². The van der Waals surface area contributed by atoms with Crippen LogP contribution in [0.1, 0.15) is 21.5 Å². The van der Waals surface area contributed by atoms with Gasteiger partial charge in [-0.1, -0.05) is 0 Å². The Hall–Kier alpha value is -1.86. The van der Waals surface area contributed by atoms with Crippen LogP contribution >= 0.6 is 0 Å². The molecule has 0 unspecified atom stereocenters. The lowest BCUT2D eigenvalue weighted by molar-refractivity contribution is -0.143. The molecule has 0 bridgehead atoms. The third-order valence-corrected chi connectivity index (χ3v) is 5.73. The molecular weight excluding hydrogens is 418 g/mol. The monoisotopic (exact) mass is 434 g/mol. The highest BCUT2D eigenvalue weighted by atomic mass is 32.2. The first-order chi connectivity index (χ1) is 12.8. The van der Waals surface area contributed by atoms with E-state index in [9.17, 15) is 39.6 Å². The molecule has 28 heavy (non-hydrogen) atoms. The zero-order valence-electron chi connectivity index (χ0n) is 14.2. The van der Waals surface area contributed by atoms with E-state index in [4.69, 9.17) is 4.74 Å². The second-order valence-electron chi connectivity index (χ2n) is 5.88. The van der Waals surface area contributed by atoms with Crippen LogP contribution in [0.15, 0.2) is 18.2 Å². The number of rotatable bonds is 5. The normalized spacial score (nSPS) is 16.8. The zero-order valence-corrected chi connectivity index (χ0v) is 15.0. The quantitative estimate of drug-likeness (QED) is 0.721. The zero-order chi connectivity index (χ0) is 21.2. The Kier molecular flexibility index (Phi) is 6.61. The lowest BCUT2D eigenvalue weighted by atomic mass is 10.0. The van der Waals surface area contributed by atoms with Crippen LogP contribution in [0, 0.1) is 0 Å². The second-order valence-corrected chi connectivity index (χ2v) is 7.97. The van der Waals surface area contributed by atoms with Crippen LogP contribution in [0.3, 0.4) is 0 Å². The number of hydrogen-bond donors (Lipinski definition) is 1. The first-order valence-corrected chi connectivity index (χ1v) is 9.55. The molecule has 13 heteroatoms. The fourth-order valence-electron chi connectivity index (χ4n) is 2.44. The minimum absolute atomic E-state index is 0.0976. The van der Waals surface area contributed by atoms with Crippen LogP contribution in [0.4, 0.5) is 26.3 Å². The fourth-order valence-corrected chi connectivity index (χ4v) is 3.76. The molecule has 1 saturated heterocycles. The molecule has 0 spiro atoms. The molecule has 1 amide bonds. The highest BCUT2D eigenvalue weighted by molar-refractivity contribution is 7.89. The number of amides is 1. The lowest BCUT2D eigenvalue weighted by Gasteiger charge is -2.26. The molecule has 0 radical (unpaired) electrons. The van der Waals surface area contributed by atoms with E-state index in [0.717, 1.165) is 4.31 Å². The van der Waals surface area contributed by atoms with Crippen LogP contribution < -0.4 is 5.32 Å². The molecule has 1 fully saturated rings. The largest absolute Gasteiger partial charge is 0.416 e. The van der Waals surface area contributed by atoms with Crippen LogP contribution in [-0.4, -0.2) is 57.2 Å². The van der Waals surface area contributed by atoms with Gasteiger partial charge in [-0.25, -0.2) is 8.42 Å². The van der Waals surface area contributed by atoms with E-state index in [1.807, 2.05) is 5.32 Å². The summed E-state index contributed by atoms with van der Waals surface area (Å²) < 4.78 is 107. The summed E-state index contributed by atoms with van der Waals surface area (Å²) in [6, 6.07) is 0.460. The maximum absolute atomic E-state index is 12.8. The Morgan fingerprint density at radius 1 is 1.00 bits per heavy atom. The van der Waals surface area contributed by atoms with Crippen molar-refractivity contribution < 1.29 is 44.3 Å². The summed E-state index contributed by atoms with van der Waals surface area (Å²) in [6.45, 7) is 0.180. The summed E-state index contributed by atoms with van der Waals surface area (Å²) in [4.78, 5) is 12.0. The maximum atomic E-state index is 12.8. The predicted molar refractivity (Wildman–Crippen MR) is 85.0 cm³/mol. The molecule has 6 nitrogen and oxygen atoms in total. The van der Waals surface area contributed by atoms with Gasteiger partial charge in [-0.05, 0) is 18.2 Å². The highest BCUT2D eigenvalue weighted by Crippen LogP contribution is 2.36. The van der Waals surface area contributed by atoms with E-state index in [1.54, 1.807) is 0 Å². The van der Waals surface area contributed by atoms with E-state index in [1.165, 1.54) is 0 Å². The second kappa shape index (κ2) is 8.25. The molecule has 0 saturated carbocycles. The van der Waals surface area contributed by atoms with E-state index in [2.05, 4.69) is 0 Å². The van der Waals surface area contributed by atoms with Crippen molar-refractivity contribution in [3.63, 3.8) is 0 Å². The summed E-state index contributed by atoms with van der Waals surface area (Å²) in [5.74, 6) is -1.79. The third kappa shape index (κ3) is 5.82. The van der Waals surface area contributed by atoms with Crippen molar-refractivity contribution in [2.24, 2.45) is 0 Å². The molecule has 1 aliphatic heterocycles. The van der Waals surface area contributed by atoms with Crippen LogP contribution in [-0.2, 0) is 27.1 Å². The van der Waals surface area contributed by atoms with Gasteiger partial charge in [0.1, 0.15) is 0 Å². The van der Waals surface area contributed by atoms with E-state index >= 15 is 0 Å². The number of nitrogens with zero attached hydrogens (tertiary/aromatic N) is 1. The van der Waals surface area contributed by atoms with Crippen LogP contribution in [0.5, 0.6) is 0 Å². The van der Waals surface area contributed by atoms with Gasteiger partial charge in [0.2, 0.25) is 10.0 Å². The number of morpholine rings is 1. The van der Waals surface area contributed by atoms with Crippen molar-refractivity contribution in [3.05, 3.63) is 34.9 Å². The molecule has 2 rings (SSSR count). The minimum Gasteiger partial charge on any atom is -0.379 e. The van der Waals surface area contributed by atoms with Gasteiger partial charge in [0, 0.05) is 25.2 Å². The lowest BCUT2D eigenvalue weighted by Crippen LogP contribution is -2.43. The molecule has 0 atom stereocenters. The fraction of sp³-hybridized carbons (Fsp3) is 0.533. The number of nitrogens with one attached hydrogen (secondary N) is 1. The number of carbonyl (C=O) groups excluding carboxylic acids is 1. The van der Waals surface area contributed by atoms with Gasteiger partial charge < -0.3 is 10.1 Å². The van der Waals surface area contributed by atoms with Gasteiger partial charge in [-0.3, -0.25) is 4.79 Å². The maximum Gasteiger partial charge on any atom is 0.416 e. The molecule has 1 aromatic carbocycles. The van der Waals surface area contributed by atoms with Crippen molar-refractivity contribution in [1.82, 2.24) is 9.62 Å². The molecule has 158 valence electrons. The van der Waals surface area contributed by atoms with Crippen molar-refractivity contribution in [1.29, 1.82) is 0 Å². The third-order valence-electron chi connectivity index (χ3n) is 3.86. The molecule has 1 aliphatic rings. The Bertz CT molecular complexity index is 785. The molecule has 0 aliphatic carbocycles. The molecule has 1 heterocycles. The van der Waals surface area contributed by atoms with E-state index in [-0.39, 0.29) is 44.5 Å². The average molecular weight is 434 g/mol. The highest BCUT2D eigenvalue weighted by Gasteiger charge is 2.37. The van der Waals surface area contributed by atoms with Crippen molar-refractivity contribution in [2.45, 2.75) is 12.4 Å². The summed E-state index contributed by atoms with van der Waals surface area (Å²) in [6.07, 6.45) is -10.2. The number of hydrogen-bond acceptors (Lipinski definition) is 4. The van der Waals surface area contributed by atoms with Gasteiger partial charge >= 0.3 is 12.4 Å². The average Bonchev–Trinajstić information content (AvgIpc) is 2.60. The van der Waals surface area contributed by atoms with Crippen molar-refractivity contribution >= 4 is 15.9 Å². The van der Waals surface area contributed by atoms with Crippen molar-refractivity contribution in [2.75, 3.05) is 38.6 Å². The first kappa shape index (κ1) is 22.4. The molecular formula is C15H16F6N2O4S. The standard InChI is InChI=1S/C15H16F6N2O4S/c16-14(17,18)11-7-10(8-12(9-11)15(19,20)21)13(24)22-1-6-28(25,26)23-2-4-27-5-3-23/h7-9H,1-6H2,(H,22,24). The number of ether oxygens (including phenoxy) is 1. The first-order valence-electron chi connectivity index (χ1n) is 7.94. The van der Waals surface area contributed by atoms with Gasteiger partial charge in [-0.2, -0.15) is 30.6 Å². The van der Waals surface area contributed by atoms with Crippen LogP contribution in [0.2, 0.25) is 0 Å². The minimum atomic E-state index is -5.09. The summed E-state index contributed by atoms with van der Waals surface area (Å²) in [5.41, 5.74) is -4.13. The Morgan fingerprint density at radius 2 is 1.50 bits per heavy atom. The Morgan fingerprint density at radius 3 is 1.96 bits per heavy atom. The summed E-state index contributed by atoms with van der Waals surface area (Å²) >= 11 is 0. The van der Waals surface area contributed by atoms with Gasteiger partial charge in [0.25, 0.3) is 5.91 Å². The number of carbonyl (C=O) groups is 1. The van der Waals surface area contributed by atoms with E-state index < -0.39 is 57.3 Å². The number of benzene rings is 1. The number of alkyl halides is 6. The predicted octanol–water partition coefficient (Wildman–Crippen LogP) is 2.12. The number of sulfonamides is 1.